The van der Waals surface area contributed by atoms with Crippen molar-refractivity contribution in [3.05, 3.63) is 58.2 Å². The van der Waals surface area contributed by atoms with Crippen LogP contribution < -0.4 is 0 Å². The van der Waals surface area contributed by atoms with Gasteiger partial charge in [-0.05, 0) is 17.7 Å². The highest BCUT2D eigenvalue weighted by Gasteiger charge is 2.31. The average molecular weight is 329 g/mol. The van der Waals surface area contributed by atoms with Gasteiger partial charge in [0, 0.05) is 11.9 Å². The van der Waals surface area contributed by atoms with Crippen LogP contribution in [0, 0.1) is 11.3 Å². The summed E-state index contributed by atoms with van der Waals surface area (Å²) in [7, 11) is 0. The molecular weight excluding hydrogens is 321 g/mol. The molecule has 0 aliphatic heterocycles. The molecule has 0 amide bonds. The molecule has 0 atom stereocenters. The third-order valence-electron chi connectivity index (χ3n) is 2.64. The summed E-state index contributed by atoms with van der Waals surface area (Å²) in [6.45, 7) is 0. The lowest BCUT2D eigenvalue weighted by atomic mass is 10.1. The van der Waals surface area contributed by atoms with Crippen LogP contribution in [-0.2, 0) is 11.9 Å². The number of nitriles is 1. The molecule has 0 saturated carbocycles. The van der Waals surface area contributed by atoms with E-state index in [9.17, 15) is 13.2 Å². The highest BCUT2D eigenvalue weighted by molar-refractivity contribution is 7.98. The molecule has 0 spiro atoms. The lowest BCUT2D eigenvalue weighted by molar-refractivity contribution is -0.137. The molecule has 0 radical (unpaired) electrons. The van der Waals surface area contributed by atoms with E-state index >= 15 is 0 Å². The van der Waals surface area contributed by atoms with E-state index in [1.165, 1.54) is 11.8 Å². The minimum Gasteiger partial charge on any atom is -0.248 e. The van der Waals surface area contributed by atoms with E-state index in [1.807, 2.05) is 0 Å². The van der Waals surface area contributed by atoms with Crippen molar-refractivity contribution in [3.8, 4) is 6.07 Å². The molecule has 1 aromatic heterocycles. The Balaban J connectivity index is 2.16. The molecule has 2 nitrogen and oxygen atoms in total. The first-order valence-corrected chi connectivity index (χ1v) is 7.11. The van der Waals surface area contributed by atoms with Gasteiger partial charge in [0.2, 0.25) is 0 Å². The van der Waals surface area contributed by atoms with Crippen molar-refractivity contribution in [3.63, 3.8) is 0 Å². The Morgan fingerprint density at radius 3 is 2.62 bits per heavy atom. The Hall–Kier alpha value is -1.71. The minimum atomic E-state index is -4.47. The maximum atomic E-state index is 12.5. The van der Waals surface area contributed by atoms with Gasteiger partial charge in [-0.1, -0.05) is 29.8 Å². The van der Waals surface area contributed by atoms with Crippen molar-refractivity contribution in [1.29, 1.82) is 5.26 Å². The fraction of sp³-hybridized carbons (Fsp3) is 0.143. The maximum Gasteiger partial charge on any atom is 0.417 e. The van der Waals surface area contributed by atoms with Gasteiger partial charge in [-0.15, -0.1) is 11.8 Å². The summed E-state index contributed by atoms with van der Waals surface area (Å²) >= 11 is 7.01. The predicted octanol–water partition coefficient (Wildman–Crippen LogP) is 4.92. The monoisotopic (exact) mass is 328 g/mol. The van der Waals surface area contributed by atoms with Gasteiger partial charge in [0.1, 0.15) is 5.03 Å². The Morgan fingerprint density at radius 2 is 2.00 bits per heavy atom. The molecule has 0 aliphatic rings. The first-order chi connectivity index (χ1) is 9.91. The zero-order valence-electron chi connectivity index (χ0n) is 10.5. The molecule has 1 heterocycles. The second kappa shape index (κ2) is 6.37. The van der Waals surface area contributed by atoms with Crippen LogP contribution in [0.2, 0.25) is 5.02 Å². The SMILES string of the molecule is N#Cc1ccccc1CSc1ncc(C(F)(F)F)cc1Cl. The van der Waals surface area contributed by atoms with Crippen molar-refractivity contribution < 1.29 is 13.2 Å². The standard InChI is InChI=1S/C14H8ClF3N2S/c15-12-5-11(14(16,17)18)7-20-13(12)21-8-10-4-2-1-3-9(10)6-19/h1-5,7H,8H2. The number of aromatic nitrogens is 1. The quantitative estimate of drug-likeness (QED) is 0.750. The fourth-order valence-corrected chi connectivity index (χ4v) is 2.79. The second-order valence-corrected chi connectivity index (χ2v) is 5.44. The first-order valence-electron chi connectivity index (χ1n) is 5.75. The van der Waals surface area contributed by atoms with Gasteiger partial charge in [0.05, 0.1) is 22.2 Å². The summed E-state index contributed by atoms with van der Waals surface area (Å²) < 4.78 is 37.5. The number of pyridine rings is 1. The summed E-state index contributed by atoms with van der Waals surface area (Å²) in [5.74, 6) is 0.405. The fourth-order valence-electron chi connectivity index (χ4n) is 1.59. The number of hydrogen-bond acceptors (Lipinski definition) is 3. The van der Waals surface area contributed by atoms with Gasteiger partial charge < -0.3 is 0 Å². The lowest BCUT2D eigenvalue weighted by Crippen LogP contribution is -2.05. The van der Waals surface area contributed by atoms with Crippen LogP contribution in [0.15, 0.2) is 41.6 Å². The minimum absolute atomic E-state index is 0.0516. The third kappa shape index (κ3) is 3.90. The Morgan fingerprint density at radius 1 is 1.29 bits per heavy atom. The molecule has 0 saturated heterocycles. The third-order valence-corrected chi connectivity index (χ3v) is 4.09. The second-order valence-electron chi connectivity index (χ2n) is 4.07. The van der Waals surface area contributed by atoms with Crippen LogP contribution >= 0.6 is 23.4 Å². The average Bonchev–Trinajstić information content (AvgIpc) is 2.45. The van der Waals surface area contributed by atoms with Crippen LogP contribution in [0.25, 0.3) is 0 Å². The van der Waals surface area contributed by atoms with Crippen LogP contribution in [0.5, 0.6) is 0 Å². The van der Waals surface area contributed by atoms with E-state index in [2.05, 4.69) is 11.1 Å². The molecular formula is C14H8ClF3N2S. The molecule has 0 bridgehead atoms. The summed E-state index contributed by atoms with van der Waals surface area (Å²) in [4.78, 5) is 3.74. The summed E-state index contributed by atoms with van der Waals surface area (Å²) in [5.41, 5.74) is 0.421. The molecule has 0 unspecified atom stereocenters. The molecule has 0 fully saturated rings. The predicted molar refractivity (Wildman–Crippen MR) is 75.0 cm³/mol. The number of benzene rings is 1. The van der Waals surface area contributed by atoms with E-state index in [0.29, 0.717) is 16.3 Å². The summed E-state index contributed by atoms with van der Waals surface area (Å²) in [6, 6.07) is 9.91. The first kappa shape index (κ1) is 15.7. The number of rotatable bonds is 3. The van der Waals surface area contributed by atoms with Crippen LogP contribution in [0.4, 0.5) is 13.2 Å². The van der Waals surface area contributed by atoms with Crippen molar-refractivity contribution in [2.45, 2.75) is 17.0 Å². The molecule has 108 valence electrons. The number of alkyl halides is 3. The number of nitrogens with zero attached hydrogens (tertiary/aromatic N) is 2. The topological polar surface area (TPSA) is 36.7 Å². The zero-order chi connectivity index (χ0) is 15.5. The van der Waals surface area contributed by atoms with E-state index in [0.717, 1.165) is 17.8 Å². The van der Waals surface area contributed by atoms with Gasteiger partial charge in [0.25, 0.3) is 0 Å². The van der Waals surface area contributed by atoms with Crippen LogP contribution in [0.1, 0.15) is 16.7 Å². The van der Waals surface area contributed by atoms with Crippen molar-refractivity contribution >= 4 is 23.4 Å². The molecule has 0 aliphatic carbocycles. The maximum absolute atomic E-state index is 12.5. The van der Waals surface area contributed by atoms with E-state index in [-0.39, 0.29) is 5.02 Å². The van der Waals surface area contributed by atoms with Crippen LogP contribution in [0.3, 0.4) is 0 Å². The highest BCUT2D eigenvalue weighted by Crippen LogP contribution is 2.34. The molecule has 1 aromatic carbocycles. The number of thioether (sulfide) groups is 1. The normalized spacial score (nSPS) is 11.2. The van der Waals surface area contributed by atoms with Gasteiger partial charge >= 0.3 is 6.18 Å². The number of halogens is 4. The Kier molecular flexibility index (Phi) is 4.76. The number of hydrogen-bond donors (Lipinski definition) is 0. The van der Waals surface area contributed by atoms with E-state index < -0.39 is 11.7 Å². The molecule has 0 N–H and O–H groups in total. The molecule has 2 rings (SSSR count). The van der Waals surface area contributed by atoms with E-state index in [1.54, 1.807) is 24.3 Å². The van der Waals surface area contributed by atoms with Crippen LogP contribution in [-0.4, -0.2) is 4.98 Å². The van der Waals surface area contributed by atoms with Gasteiger partial charge in [-0.2, -0.15) is 18.4 Å². The van der Waals surface area contributed by atoms with Crippen molar-refractivity contribution in [2.24, 2.45) is 0 Å². The molecule has 21 heavy (non-hydrogen) atoms. The Bertz CT molecular complexity index is 695. The zero-order valence-corrected chi connectivity index (χ0v) is 12.1. The van der Waals surface area contributed by atoms with E-state index in [4.69, 9.17) is 16.9 Å². The van der Waals surface area contributed by atoms with Gasteiger partial charge in [-0.3, -0.25) is 0 Å². The van der Waals surface area contributed by atoms with Crippen molar-refractivity contribution in [1.82, 2.24) is 4.98 Å². The highest BCUT2D eigenvalue weighted by atomic mass is 35.5. The summed E-state index contributed by atoms with van der Waals surface area (Å²) in [6.07, 6.45) is -3.71. The molecule has 7 heteroatoms. The van der Waals surface area contributed by atoms with Gasteiger partial charge in [-0.25, -0.2) is 4.98 Å². The largest absolute Gasteiger partial charge is 0.417 e. The lowest BCUT2D eigenvalue weighted by Gasteiger charge is -2.09. The van der Waals surface area contributed by atoms with Crippen molar-refractivity contribution in [2.75, 3.05) is 0 Å². The Labute approximate surface area is 128 Å². The molecule has 2 aromatic rings. The summed E-state index contributed by atoms with van der Waals surface area (Å²) in [5, 5.41) is 9.22. The smallest absolute Gasteiger partial charge is 0.248 e. The van der Waals surface area contributed by atoms with Gasteiger partial charge in [0.15, 0.2) is 0 Å².